The third-order valence-corrected chi connectivity index (χ3v) is 2.79. The lowest BCUT2D eigenvalue weighted by Gasteiger charge is -2.17. The molecule has 0 saturated carbocycles. The van der Waals surface area contributed by atoms with Crippen molar-refractivity contribution in [2.45, 2.75) is 0 Å². The van der Waals surface area contributed by atoms with E-state index in [9.17, 15) is 0 Å². The van der Waals surface area contributed by atoms with Crippen LogP contribution in [-0.4, -0.2) is 43.2 Å². The molecule has 0 spiro atoms. The van der Waals surface area contributed by atoms with Gasteiger partial charge < -0.3 is 15.3 Å². The summed E-state index contributed by atoms with van der Waals surface area (Å²) in [5.74, 6) is 0. The Labute approximate surface area is 125 Å². The van der Waals surface area contributed by atoms with Gasteiger partial charge in [-0.1, -0.05) is 18.2 Å². The highest BCUT2D eigenvalue weighted by atomic mass is 32.1. The second-order valence-corrected chi connectivity index (χ2v) is 4.51. The summed E-state index contributed by atoms with van der Waals surface area (Å²) in [5, 5.41) is 16.3. The second kappa shape index (κ2) is 9.06. The van der Waals surface area contributed by atoms with E-state index < -0.39 is 0 Å². The average molecular weight is 292 g/mol. The molecule has 1 aromatic rings. The largest absolute Gasteiger partial charge is 0.395 e. The van der Waals surface area contributed by atoms with E-state index in [-0.39, 0.29) is 6.61 Å². The average Bonchev–Trinajstić information content (AvgIpc) is 2.46. The van der Waals surface area contributed by atoms with Crippen LogP contribution in [0.15, 0.2) is 42.0 Å². The van der Waals surface area contributed by atoms with Crippen molar-refractivity contribution in [1.29, 1.82) is 0 Å². The van der Waals surface area contributed by atoms with E-state index in [1.807, 2.05) is 36.2 Å². The standard InChI is InChI=1S/C14H20N4OS/c1-3-8-15-14(20)17-16-11-12-4-6-13(7-5-12)18(2)9-10-19/h3-7,11,19H,1,8-10H2,2H3,(H2,15,17,20). The quantitative estimate of drug-likeness (QED) is 0.304. The summed E-state index contributed by atoms with van der Waals surface area (Å²) in [6.45, 7) is 4.94. The summed E-state index contributed by atoms with van der Waals surface area (Å²) < 4.78 is 0. The number of likely N-dealkylation sites (N-methyl/N-ethyl adjacent to an activating group) is 1. The van der Waals surface area contributed by atoms with Crippen molar-refractivity contribution < 1.29 is 5.11 Å². The first-order valence-electron chi connectivity index (χ1n) is 6.27. The molecule has 108 valence electrons. The maximum atomic E-state index is 8.89. The number of thiocarbonyl (C=S) groups is 1. The van der Waals surface area contributed by atoms with Gasteiger partial charge in [-0.3, -0.25) is 5.43 Å². The first-order chi connectivity index (χ1) is 9.67. The van der Waals surface area contributed by atoms with Crippen molar-refractivity contribution >= 4 is 29.2 Å². The van der Waals surface area contributed by atoms with E-state index in [2.05, 4.69) is 22.4 Å². The van der Waals surface area contributed by atoms with Crippen LogP contribution in [0.4, 0.5) is 5.69 Å². The summed E-state index contributed by atoms with van der Waals surface area (Å²) in [6.07, 6.45) is 3.41. The molecule has 1 aromatic carbocycles. The zero-order valence-corrected chi connectivity index (χ0v) is 12.4. The highest BCUT2D eigenvalue weighted by Crippen LogP contribution is 2.12. The van der Waals surface area contributed by atoms with Gasteiger partial charge in [-0.05, 0) is 29.9 Å². The van der Waals surface area contributed by atoms with Gasteiger partial charge in [0.05, 0.1) is 12.8 Å². The summed E-state index contributed by atoms with van der Waals surface area (Å²) in [4.78, 5) is 1.98. The van der Waals surface area contributed by atoms with Crippen LogP contribution in [0.25, 0.3) is 0 Å². The predicted octanol–water partition coefficient (Wildman–Crippen LogP) is 1.10. The van der Waals surface area contributed by atoms with Crippen molar-refractivity contribution in [1.82, 2.24) is 10.7 Å². The SMILES string of the molecule is C=CCNC(=S)NN=Cc1ccc(N(C)CCO)cc1. The third kappa shape index (κ3) is 5.81. The minimum atomic E-state index is 0.138. The van der Waals surface area contributed by atoms with Crippen molar-refractivity contribution in [3.63, 3.8) is 0 Å². The fraction of sp³-hybridized carbons (Fsp3) is 0.286. The maximum absolute atomic E-state index is 8.89. The molecule has 5 nitrogen and oxygen atoms in total. The monoisotopic (exact) mass is 292 g/mol. The Kier molecular flexibility index (Phi) is 7.31. The lowest BCUT2D eigenvalue weighted by molar-refractivity contribution is 0.304. The lowest BCUT2D eigenvalue weighted by atomic mass is 10.2. The Hall–Kier alpha value is -1.92. The van der Waals surface area contributed by atoms with E-state index in [1.165, 1.54) is 0 Å². The summed E-state index contributed by atoms with van der Waals surface area (Å²) >= 11 is 5.00. The molecule has 0 unspecified atom stereocenters. The van der Waals surface area contributed by atoms with Crippen LogP contribution in [-0.2, 0) is 0 Å². The molecule has 0 saturated heterocycles. The van der Waals surface area contributed by atoms with Gasteiger partial charge in [0.25, 0.3) is 0 Å². The number of rotatable bonds is 7. The summed E-state index contributed by atoms with van der Waals surface area (Å²) in [6, 6.07) is 7.86. The van der Waals surface area contributed by atoms with E-state index >= 15 is 0 Å². The highest BCUT2D eigenvalue weighted by Gasteiger charge is 1.98. The zero-order valence-electron chi connectivity index (χ0n) is 11.5. The summed E-state index contributed by atoms with van der Waals surface area (Å²) in [5.41, 5.74) is 4.73. The maximum Gasteiger partial charge on any atom is 0.187 e. The molecule has 0 fully saturated rings. The second-order valence-electron chi connectivity index (χ2n) is 4.11. The molecule has 3 N–H and O–H groups in total. The molecule has 0 heterocycles. The van der Waals surface area contributed by atoms with Crippen LogP contribution in [0.2, 0.25) is 0 Å². The number of aliphatic hydroxyl groups is 1. The van der Waals surface area contributed by atoms with Crippen LogP contribution in [0.5, 0.6) is 0 Å². The molecule has 0 radical (unpaired) electrons. The van der Waals surface area contributed by atoms with Gasteiger partial charge in [0.15, 0.2) is 5.11 Å². The number of hydrazone groups is 1. The van der Waals surface area contributed by atoms with E-state index in [0.717, 1.165) is 11.3 Å². The van der Waals surface area contributed by atoms with E-state index in [1.54, 1.807) is 12.3 Å². The van der Waals surface area contributed by atoms with Gasteiger partial charge in [-0.25, -0.2) is 0 Å². The molecular formula is C14H20N4OS. The minimum absolute atomic E-state index is 0.138. The van der Waals surface area contributed by atoms with Gasteiger partial charge in [0.1, 0.15) is 0 Å². The molecular weight excluding hydrogens is 272 g/mol. The van der Waals surface area contributed by atoms with Crippen LogP contribution in [0, 0.1) is 0 Å². The van der Waals surface area contributed by atoms with Gasteiger partial charge in [-0.2, -0.15) is 5.10 Å². The van der Waals surface area contributed by atoms with Gasteiger partial charge >= 0.3 is 0 Å². The molecule has 20 heavy (non-hydrogen) atoms. The first-order valence-corrected chi connectivity index (χ1v) is 6.68. The van der Waals surface area contributed by atoms with Crippen LogP contribution >= 0.6 is 12.2 Å². The Morgan fingerprint density at radius 2 is 2.15 bits per heavy atom. The van der Waals surface area contributed by atoms with Gasteiger partial charge in [-0.15, -0.1) is 6.58 Å². The number of hydrogen-bond donors (Lipinski definition) is 3. The van der Waals surface area contributed by atoms with Crippen LogP contribution in [0.1, 0.15) is 5.56 Å². The Balaban J connectivity index is 2.48. The van der Waals surface area contributed by atoms with Crippen molar-refractivity contribution in [2.24, 2.45) is 5.10 Å². The Morgan fingerprint density at radius 1 is 1.45 bits per heavy atom. The predicted molar refractivity (Wildman–Crippen MR) is 88.3 cm³/mol. The number of benzene rings is 1. The van der Waals surface area contributed by atoms with Gasteiger partial charge in [0, 0.05) is 25.8 Å². The minimum Gasteiger partial charge on any atom is -0.395 e. The van der Waals surface area contributed by atoms with Crippen molar-refractivity contribution in [3.05, 3.63) is 42.5 Å². The Bertz CT molecular complexity index is 459. The van der Waals surface area contributed by atoms with Crippen molar-refractivity contribution in [3.8, 4) is 0 Å². The number of nitrogens with zero attached hydrogens (tertiary/aromatic N) is 2. The number of anilines is 1. The fourth-order valence-corrected chi connectivity index (χ4v) is 1.60. The third-order valence-electron chi connectivity index (χ3n) is 2.56. The molecule has 0 bridgehead atoms. The Morgan fingerprint density at radius 3 is 2.75 bits per heavy atom. The number of aliphatic hydroxyl groups excluding tert-OH is 1. The molecule has 0 aliphatic rings. The van der Waals surface area contributed by atoms with Gasteiger partial charge in [0.2, 0.25) is 0 Å². The molecule has 0 amide bonds. The molecule has 0 aromatic heterocycles. The number of nitrogens with one attached hydrogen (secondary N) is 2. The fourth-order valence-electron chi connectivity index (χ4n) is 1.46. The molecule has 1 rings (SSSR count). The molecule has 0 aliphatic heterocycles. The smallest absolute Gasteiger partial charge is 0.187 e. The highest BCUT2D eigenvalue weighted by molar-refractivity contribution is 7.80. The molecule has 6 heteroatoms. The van der Waals surface area contributed by atoms with E-state index in [0.29, 0.717) is 18.2 Å². The molecule has 0 aliphatic carbocycles. The zero-order chi connectivity index (χ0) is 14.8. The normalized spacial score (nSPS) is 10.3. The summed E-state index contributed by atoms with van der Waals surface area (Å²) in [7, 11) is 1.94. The van der Waals surface area contributed by atoms with Crippen LogP contribution < -0.4 is 15.6 Å². The molecule has 0 atom stereocenters. The van der Waals surface area contributed by atoms with E-state index in [4.69, 9.17) is 17.3 Å². The topological polar surface area (TPSA) is 59.9 Å². The van der Waals surface area contributed by atoms with Crippen molar-refractivity contribution in [2.75, 3.05) is 31.6 Å². The first kappa shape index (κ1) is 16.1. The lowest BCUT2D eigenvalue weighted by Crippen LogP contribution is -2.31. The number of hydrogen-bond acceptors (Lipinski definition) is 4. The van der Waals surface area contributed by atoms with Crippen LogP contribution in [0.3, 0.4) is 0 Å².